The summed E-state index contributed by atoms with van der Waals surface area (Å²) < 4.78 is 6.21. The summed E-state index contributed by atoms with van der Waals surface area (Å²) in [7, 11) is 1.60. The zero-order chi connectivity index (χ0) is 16.6. The minimum atomic E-state index is -0.901. The molecule has 0 saturated carbocycles. The number of methoxy groups -OCH3 is 1. The quantitative estimate of drug-likeness (QED) is 0.898. The summed E-state index contributed by atoms with van der Waals surface area (Å²) in [4.78, 5) is 13.8. The molecule has 1 aliphatic heterocycles. The monoisotopic (exact) mass is 372 g/mol. The Morgan fingerprint density at radius 1 is 1.13 bits per heavy atom. The number of hydrogen-bond acceptors (Lipinski definition) is 5. The van der Waals surface area contributed by atoms with Crippen LogP contribution < -0.4 is 10.5 Å². The summed E-state index contributed by atoms with van der Waals surface area (Å²) in [5.41, 5.74) is 8.55. The molecule has 0 fully saturated rings. The van der Waals surface area contributed by atoms with Crippen LogP contribution in [0.4, 0.5) is 0 Å². The number of aryl methyl sites for hydroxylation is 1. The van der Waals surface area contributed by atoms with E-state index >= 15 is 0 Å². The molecule has 2 N–H and O–H groups in total. The first-order valence-corrected chi connectivity index (χ1v) is 7.95. The summed E-state index contributed by atoms with van der Waals surface area (Å²) in [6.07, 6.45) is 1.74. The number of pyridine rings is 1. The number of hydrogen-bond donors (Lipinski definition) is 1. The minimum Gasteiger partial charge on any atom is -0.481 e. The second-order valence-corrected chi connectivity index (χ2v) is 6.34. The molecule has 1 aliphatic rings. The van der Waals surface area contributed by atoms with Gasteiger partial charge in [-0.2, -0.15) is 0 Å². The molecule has 0 saturated heterocycles. The molecule has 2 aromatic rings. The smallest absolute Gasteiger partial charge is 0.215 e. The van der Waals surface area contributed by atoms with Gasteiger partial charge in [-0.3, -0.25) is 0 Å². The fraction of sp³-hybridized carbons (Fsp3) is 0.235. The van der Waals surface area contributed by atoms with Crippen LogP contribution in [-0.4, -0.2) is 23.6 Å². The van der Waals surface area contributed by atoms with Gasteiger partial charge in [0.15, 0.2) is 0 Å². The van der Waals surface area contributed by atoms with Crippen molar-refractivity contribution in [3.8, 4) is 5.88 Å². The molecule has 6 heteroatoms. The molecule has 1 aromatic heterocycles. The lowest BCUT2D eigenvalue weighted by Gasteiger charge is -2.24. The number of aromatic nitrogens is 1. The minimum absolute atomic E-state index is 0.443. The van der Waals surface area contributed by atoms with Crippen molar-refractivity contribution in [2.75, 3.05) is 7.11 Å². The van der Waals surface area contributed by atoms with E-state index in [-0.39, 0.29) is 0 Å². The van der Waals surface area contributed by atoms with E-state index in [0.717, 1.165) is 26.9 Å². The number of rotatable bonds is 3. The van der Waals surface area contributed by atoms with Crippen LogP contribution in [0.3, 0.4) is 0 Å². The van der Waals surface area contributed by atoms with Crippen LogP contribution in [0.25, 0.3) is 0 Å². The summed E-state index contributed by atoms with van der Waals surface area (Å²) >= 11 is 3.51. The summed E-state index contributed by atoms with van der Waals surface area (Å²) in [6, 6.07) is 9.90. The highest BCUT2D eigenvalue weighted by atomic mass is 79.9. The lowest BCUT2D eigenvalue weighted by atomic mass is 9.93. The molecule has 0 bridgehead atoms. The largest absolute Gasteiger partial charge is 0.481 e. The van der Waals surface area contributed by atoms with Crippen LogP contribution in [0.1, 0.15) is 23.6 Å². The van der Waals surface area contributed by atoms with E-state index in [0.29, 0.717) is 11.7 Å². The summed E-state index contributed by atoms with van der Waals surface area (Å²) in [6.45, 7) is 3.81. The van der Waals surface area contributed by atoms with Crippen molar-refractivity contribution in [2.24, 2.45) is 15.7 Å². The number of amidine groups is 1. The Bertz CT molecular complexity index is 811. The maximum atomic E-state index is 6.02. The Balaban J connectivity index is 2.25. The van der Waals surface area contributed by atoms with Crippen LogP contribution in [0.5, 0.6) is 5.88 Å². The van der Waals surface area contributed by atoms with Gasteiger partial charge in [0.25, 0.3) is 0 Å². The third kappa shape index (κ3) is 2.63. The maximum absolute atomic E-state index is 6.02. The SMILES string of the molecule is COc1ncc(C2(c3cccc(Br)c3)N=C(C)C(N)=N2)cc1C. The molecule has 0 aliphatic carbocycles. The third-order valence-electron chi connectivity index (χ3n) is 3.84. The van der Waals surface area contributed by atoms with Crippen molar-refractivity contribution in [3.63, 3.8) is 0 Å². The number of nitrogens with zero attached hydrogens (tertiary/aromatic N) is 3. The van der Waals surface area contributed by atoms with Gasteiger partial charge in [0.2, 0.25) is 11.5 Å². The van der Waals surface area contributed by atoms with Crippen LogP contribution in [-0.2, 0) is 5.66 Å². The van der Waals surface area contributed by atoms with Gasteiger partial charge in [0, 0.05) is 27.4 Å². The molecule has 0 spiro atoms. The standard InChI is InChI=1S/C17H17BrN4O/c1-10-7-13(9-20-16(10)23-3)17(21-11(2)15(19)22-17)12-5-4-6-14(18)8-12/h4-9H,1-3H3,(H2,19,22). The van der Waals surface area contributed by atoms with Gasteiger partial charge in [-0.15, -0.1) is 0 Å². The average Bonchev–Trinajstić information content (AvgIpc) is 2.84. The van der Waals surface area contributed by atoms with Gasteiger partial charge >= 0.3 is 0 Å². The van der Waals surface area contributed by atoms with E-state index in [1.54, 1.807) is 13.3 Å². The van der Waals surface area contributed by atoms with Crippen LogP contribution in [0, 0.1) is 6.92 Å². The molecule has 5 nitrogen and oxygen atoms in total. The molecule has 1 atom stereocenters. The first kappa shape index (κ1) is 15.7. The number of halogens is 1. The molecule has 0 radical (unpaired) electrons. The van der Waals surface area contributed by atoms with Crippen LogP contribution in [0.2, 0.25) is 0 Å². The average molecular weight is 373 g/mol. The fourth-order valence-corrected chi connectivity index (χ4v) is 3.08. The van der Waals surface area contributed by atoms with Gasteiger partial charge in [-0.05, 0) is 32.0 Å². The topological polar surface area (TPSA) is 72.9 Å². The van der Waals surface area contributed by atoms with E-state index in [1.807, 2.05) is 44.2 Å². The van der Waals surface area contributed by atoms with Crippen molar-refractivity contribution in [3.05, 3.63) is 57.7 Å². The van der Waals surface area contributed by atoms with Crippen molar-refractivity contribution >= 4 is 27.5 Å². The van der Waals surface area contributed by atoms with E-state index in [2.05, 4.69) is 25.9 Å². The Kier molecular flexibility index (Phi) is 3.93. The first-order chi connectivity index (χ1) is 11.0. The number of benzene rings is 1. The highest BCUT2D eigenvalue weighted by molar-refractivity contribution is 9.10. The van der Waals surface area contributed by atoms with Crippen LogP contribution >= 0.6 is 15.9 Å². The maximum Gasteiger partial charge on any atom is 0.215 e. The molecule has 1 aromatic carbocycles. The Morgan fingerprint density at radius 3 is 2.48 bits per heavy atom. The second-order valence-electron chi connectivity index (χ2n) is 5.43. The predicted octanol–water partition coefficient (Wildman–Crippen LogP) is 3.19. The Labute approximate surface area is 143 Å². The molecule has 0 amide bonds. The van der Waals surface area contributed by atoms with Crippen molar-refractivity contribution in [1.82, 2.24) is 4.98 Å². The lowest BCUT2D eigenvalue weighted by molar-refractivity contribution is 0.393. The molecular formula is C17H17BrN4O. The van der Waals surface area contributed by atoms with E-state index in [4.69, 9.17) is 15.5 Å². The molecular weight excluding hydrogens is 356 g/mol. The van der Waals surface area contributed by atoms with Gasteiger partial charge in [0.05, 0.1) is 12.8 Å². The summed E-state index contributed by atoms with van der Waals surface area (Å²) in [5, 5.41) is 0. The van der Waals surface area contributed by atoms with Crippen molar-refractivity contribution < 1.29 is 4.74 Å². The van der Waals surface area contributed by atoms with Crippen molar-refractivity contribution in [1.29, 1.82) is 0 Å². The van der Waals surface area contributed by atoms with E-state index < -0.39 is 5.66 Å². The number of ether oxygens (including phenoxy) is 1. The van der Waals surface area contributed by atoms with Gasteiger partial charge < -0.3 is 10.5 Å². The predicted molar refractivity (Wildman–Crippen MR) is 95.2 cm³/mol. The van der Waals surface area contributed by atoms with Crippen LogP contribution in [0.15, 0.2) is 51.0 Å². The van der Waals surface area contributed by atoms with Gasteiger partial charge in [0.1, 0.15) is 5.84 Å². The Morgan fingerprint density at radius 2 is 1.91 bits per heavy atom. The highest BCUT2D eigenvalue weighted by Crippen LogP contribution is 2.40. The van der Waals surface area contributed by atoms with Gasteiger partial charge in [-0.25, -0.2) is 15.0 Å². The van der Waals surface area contributed by atoms with E-state index in [9.17, 15) is 0 Å². The van der Waals surface area contributed by atoms with Crippen molar-refractivity contribution in [2.45, 2.75) is 19.5 Å². The molecule has 23 heavy (non-hydrogen) atoms. The molecule has 2 heterocycles. The second kappa shape index (κ2) is 5.77. The third-order valence-corrected chi connectivity index (χ3v) is 4.33. The number of aliphatic imine (C=N–C) groups is 2. The normalized spacial score (nSPS) is 20.2. The first-order valence-electron chi connectivity index (χ1n) is 7.15. The number of nitrogens with two attached hydrogens (primary N) is 1. The lowest BCUT2D eigenvalue weighted by Crippen LogP contribution is -2.22. The molecule has 1 unspecified atom stereocenters. The highest BCUT2D eigenvalue weighted by Gasteiger charge is 2.39. The zero-order valence-electron chi connectivity index (χ0n) is 13.2. The Hall–Kier alpha value is -2.21. The fourth-order valence-electron chi connectivity index (χ4n) is 2.68. The van der Waals surface area contributed by atoms with Gasteiger partial charge in [-0.1, -0.05) is 28.1 Å². The summed E-state index contributed by atoms with van der Waals surface area (Å²) in [5.74, 6) is 1.03. The van der Waals surface area contributed by atoms with E-state index in [1.165, 1.54) is 0 Å². The zero-order valence-corrected chi connectivity index (χ0v) is 14.8. The molecule has 3 rings (SSSR count). The molecule has 118 valence electrons.